The molecular formula is C12H24N2. The molecule has 3 unspecified atom stereocenters. The zero-order valence-corrected chi connectivity index (χ0v) is 9.79. The Morgan fingerprint density at radius 3 is 2.43 bits per heavy atom. The third-order valence-corrected chi connectivity index (χ3v) is 4.43. The lowest BCUT2D eigenvalue weighted by Gasteiger charge is -2.34. The summed E-state index contributed by atoms with van der Waals surface area (Å²) in [6.07, 6.45) is 5.33. The van der Waals surface area contributed by atoms with Gasteiger partial charge in [-0.2, -0.15) is 0 Å². The van der Waals surface area contributed by atoms with Crippen molar-refractivity contribution in [2.24, 2.45) is 11.1 Å². The summed E-state index contributed by atoms with van der Waals surface area (Å²) in [5.41, 5.74) is 6.71. The van der Waals surface area contributed by atoms with Crippen molar-refractivity contribution in [3.8, 4) is 0 Å². The van der Waals surface area contributed by atoms with E-state index in [2.05, 4.69) is 25.7 Å². The van der Waals surface area contributed by atoms with E-state index >= 15 is 0 Å². The predicted octanol–water partition coefficient (Wildman–Crippen LogP) is 1.99. The Balaban J connectivity index is 2.06. The maximum absolute atomic E-state index is 6.36. The minimum absolute atomic E-state index is 0.354. The number of nitrogens with zero attached hydrogens (tertiary/aromatic N) is 1. The molecule has 1 saturated heterocycles. The molecule has 82 valence electrons. The highest BCUT2D eigenvalue weighted by Crippen LogP contribution is 2.40. The largest absolute Gasteiger partial charge is 0.326 e. The van der Waals surface area contributed by atoms with Gasteiger partial charge in [0.25, 0.3) is 0 Å². The van der Waals surface area contributed by atoms with Gasteiger partial charge >= 0.3 is 0 Å². The lowest BCUT2D eigenvalue weighted by atomic mass is 9.87. The van der Waals surface area contributed by atoms with E-state index < -0.39 is 0 Å². The Morgan fingerprint density at radius 1 is 1.29 bits per heavy atom. The molecule has 2 nitrogen and oxygen atoms in total. The van der Waals surface area contributed by atoms with Crippen molar-refractivity contribution in [2.45, 2.75) is 64.6 Å². The van der Waals surface area contributed by atoms with Gasteiger partial charge in [0.2, 0.25) is 0 Å². The summed E-state index contributed by atoms with van der Waals surface area (Å²) in [6, 6.07) is 1.80. The Morgan fingerprint density at radius 2 is 2.00 bits per heavy atom. The normalized spacial score (nSPS) is 43.3. The molecule has 1 saturated carbocycles. The fraction of sp³-hybridized carbons (Fsp3) is 1.00. The first kappa shape index (κ1) is 10.4. The Kier molecular flexibility index (Phi) is 2.61. The third-order valence-electron chi connectivity index (χ3n) is 4.43. The van der Waals surface area contributed by atoms with E-state index in [9.17, 15) is 0 Å². The average molecular weight is 196 g/mol. The van der Waals surface area contributed by atoms with Gasteiger partial charge in [-0.1, -0.05) is 13.8 Å². The Bertz CT molecular complexity index is 212. The first-order valence-electron chi connectivity index (χ1n) is 6.04. The summed E-state index contributed by atoms with van der Waals surface area (Å²) in [5.74, 6) is 0. The van der Waals surface area contributed by atoms with Crippen molar-refractivity contribution in [3.63, 3.8) is 0 Å². The van der Waals surface area contributed by atoms with Crippen molar-refractivity contribution in [2.75, 3.05) is 6.54 Å². The molecule has 0 bridgehead atoms. The second-order valence-corrected chi connectivity index (χ2v) is 5.85. The van der Waals surface area contributed by atoms with Crippen molar-refractivity contribution >= 4 is 0 Å². The SMILES string of the molecule is CC1CCCN1C1CCC(C)(C)C1N. The predicted molar refractivity (Wildman–Crippen MR) is 60.2 cm³/mol. The molecule has 2 fully saturated rings. The first-order chi connectivity index (χ1) is 6.52. The highest BCUT2D eigenvalue weighted by Gasteiger charge is 2.43. The zero-order chi connectivity index (χ0) is 10.3. The van der Waals surface area contributed by atoms with E-state index in [-0.39, 0.29) is 0 Å². The van der Waals surface area contributed by atoms with Gasteiger partial charge in [-0.05, 0) is 44.6 Å². The van der Waals surface area contributed by atoms with Crippen LogP contribution in [0.2, 0.25) is 0 Å². The average Bonchev–Trinajstić information content (AvgIpc) is 2.61. The first-order valence-corrected chi connectivity index (χ1v) is 6.04. The van der Waals surface area contributed by atoms with Crippen LogP contribution in [-0.4, -0.2) is 29.6 Å². The monoisotopic (exact) mass is 196 g/mol. The van der Waals surface area contributed by atoms with Crippen LogP contribution in [0.25, 0.3) is 0 Å². The molecule has 0 spiro atoms. The number of rotatable bonds is 1. The molecule has 1 aliphatic carbocycles. The molecule has 3 atom stereocenters. The summed E-state index contributed by atoms with van der Waals surface area (Å²) in [5, 5.41) is 0. The summed E-state index contributed by atoms with van der Waals surface area (Å²) in [7, 11) is 0. The van der Waals surface area contributed by atoms with Crippen LogP contribution in [0.15, 0.2) is 0 Å². The van der Waals surface area contributed by atoms with Crippen molar-refractivity contribution in [3.05, 3.63) is 0 Å². The smallest absolute Gasteiger partial charge is 0.0255 e. The Labute approximate surface area is 87.8 Å². The molecule has 14 heavy (non-hydrogen) atoms. The fourth-order valence-electron chi connectivity index (χ4n) is 3.21. The lowest BCUT2D eigenvalue weighted by molar-refractivity contribution is 0.159. The summed E-state index contributed by atoms with van der Waals surface area (Å²) in [6.45, 7) is 8.26. The minimum atomic E-state index is 0.354. The molecular weight excluding hydrogens is 172 g/mol. The minimum Gasteiger partial charge on any atom is -0.326 e. The van der Waals surface area contributed by atoms with Crippen LogP contribution >= 0.6 is 0 Å². The van der Waals surface area contributed by atoms with E-state index in [1.54, 1.807) is 0 Å². The lowest BCUT2D eigenvalue weighted by Crippen LogP contribution is -2.50. The molecule has 1 heterocycles. The second-order valence-electron chi connectivity index (χ2n) is 5.85. The topological polar surface area (TPSA) is 29.3 Å². The molecule has 0 aromatic heterocycles. The van der Waals surface area contributed by atoms with Gasteiger partial charge in [0.1, 0.15) is 0 Å². The number of likely N-dealkylation sites (tertiary alicyclic amines) is 1. The fourth-order valence-corrected chi connectivity index (χ4v) is 3.21. The molecule has 0 amide bonds. The van der Waals surface area contributed by atoms with Crippen LogP contribution in [0, 0.1) is 5.41 Å². The van der Waals surface area contributed by atoms with Gasteiger partial charge in [-0.25, -0.2) is 0 Å². The van der Waals surface area contributed by atoms with Gasteiger partial charge in [0.05, 0.1) is 0 Å². The Hall–Kier alpha value is -0.0800. The van der Waals surface area contributed by atoms with Crippen LogP contribution in [0.3, 0.4) is 0 Å². The zero-order valence-electron chi connectivity index (χ0n) is 9.79. The van der Waals surface area contributed by atoms with Crippen LogP contribution in [0.1, 0.15) is 46.5 Å². The van der Waals surface area contributed by atoms with E-state index in [1.807, 2.05) is 0 Å². The quantitative estimate of drug-likeness (QED) is 0.695. The van der Waals surface area contributed by atoms with Crippen LogP contribution < -0.4 is 5.73 Å². The molecule has 1 aliphatic heterocycles. The van der Waals surface area contributed by atoms with E-state index in [4.69, 9.17) is 5.73 Å². The maximum Gasteiger partial charge on any atom is 0.0255 e. The summed E-state index contributed by atoms with van der Waals surface area (Å²) < 4.78 is 0. The highest BCUT2D eigenvalue weighted by molar-refractivity contribution is 5.01. The van der Waals surface area contributed by atoms with E-state index in [0.29, 0.717) is 17.5 Å². The highest BCUT2D eigenvalue weighted by atomic mass is 15.2. The van der Waals surface area contributed by atoms with Crippen LogP contribution in [0.4, 0.5) is 0 Å². The van der Waals surface area contributed by atoms with Crippen molar-refractivity contribution < 1.29 is 0 Å². The van der Waals surface area contributed by atoms with E-state index in [1.165, 1.54) is 32.2 Å². The standard InChI is InChI=1S/C12H24N2/c1-9-5-4-8-14(9)10-6-7-12(2,3)11(10)13/h9-11H,4-8,13H2,1-3H3. The third kappa shape index (κ3) is 1.59. The second kappa shape index (κ2) is 3.49. The van der Waals surface area contributed by atoms with Gasteiger partial charge in [0, 0.05) is 18.1 Å². The van der Waals surface area contributed by atoms with Gasteiger partial charge in [-0.3, -0.25) is 4.90 Å². The molecule has 0 aromatic carbocycles. The van der Waals surface area contributed by atoms with Crippen molar-refractivity contribution in [1.29, 1.82) is 0 Å². The van der Waals surface area contributed by atoms with Crippen LogP contribution in [0.5, 0.6) is 0 Å². The molecule has 2 heteroatoms. The molecule has 2 N–H and O–H groups in total. The van der Waals surface area contributed by atoms with Crippen LogP contribution in [-0.2, 0) is 0 Å². The van der Waals surface area contributed by atoms with Crippen molar-refractivity contribution in [1.82, 2.24) is 4.90 Å². The molecule has 2 rings (SSSR count). The number of hydrogen-bond donors (Lipinski definition) is 1. The molecule has 0 radical (unpaired) electrons. The summed E-state index contributed by atoms with van der Waals surface area (Å²) >= 11 is 0. The number of nitrogens with two attached hydrogens (primary N) is 1. The van der Waals surface area contributed by atoms with Gasteiger partial charge in [-0.15, -0.1) is 0 Å². The van der Waals surface area contributed by atoms with E-state index in [0.717, 1.165) is 6.04 Å². The maximum atomic E-state index is 6.36. The molecule has 0 aromatic rings. The summed E-state index contributed by atoms with van der Waals surface area (Å²) in [4.78, 5) is 2.65. The number of hydrogen-bond acceptors (Lipinski definition) is 2. The van der Waals surface area contributed by atoms with Gasteiger partial charge < -0.3 is 5.73 Å². The van der Waals surface area contributed by atoms with Gasteiger partial charge in [0.15, 0.2) is 0 Å². The molecule has 2 aliphatic rings.